The molecule has 0 aliphatic rings. The molecule has 2 rings (SSSR count). The quantitative estimate of drug-likeness (QED) is 0.903. The van der Waals surface area contributed by atoms with E-state index in [0.717, 1.165) is 19.9 Å². The van der Waals surface area contributed by atoms with Crippen LogP contribution < -0.4 is 9.62 Å². The number of hydrogen-bond donors (Lipinski definition) is 1. The summed E-state index contributed by atoms with van der Waals surface area (Å²) in [4.78, 5) is 12.3. The Labute approximate surface area is 142 Å². The number of anilines is 2. The summed E-state index contributed by atoms with van der Waals surface area (Å²) >= 11 is 0. The highest BCUT2D eigenvalue weighted by Crippen LogP contribution is 2.19. The average molecular weight is 347 g/mol. The lowest BCUT2D eigenvalue weighted by atomic mass is 10.1. The molecule has 0 aromatic heterocycles. The van der Waals surface area contributed by atoms with Gasteiger partial charge in [0.1, 0.15) is 0 Å². The molecule has 6 nitrogen and oxygen atoms in total. The molecule has 128 valence electrons. The van der Waals surface area contributed by atoms with Gasteiger partial charge in [0.2, 0.25) is 0 Å². The summed E-state index contributed by atoms with van der Waals surface area (Å²) in [7, 11) is 0.855. The normalized spacial score (nSPS) is 11.4. The molecule has 0 fully saturated rings. The van der Waals surface area contributed by atoms with E-state index in [1.165, 1.54) is 21.1 Å². The molecule has 0 atom stereocenters. The van der Waals surface area contributed by atoms with Crippen LogP contribution in [0.25, 0.3) is 0 Å². The molecule has 7 heteroatoms. The van der Waals surface area contributed by atoms with Crippen molar-refractivity contribution in [1.82, 2.24) is 4.31 Å². The highest BCUT2D eigenvalue weighted by molar-refractivity contribution is 7.90. The summed E-state index contributed by atoms with van der Waals surface area (Å²) in [6.45, 7) is 1.92. The molecule has 2 aromatic carbocycles. The maximum Gasteiger partial charge on any atom is 0.303 e. The van der Waals surface area contributed by atoms with Gasteiger partial charge in [-0.05, 0) is 42.8 Å². The van der Waals surface area contributed by atoms with E-state index in [4.69, 9.17) is 0 Å². The highest BCUT2D eigenvalue weighted by Gasteiger charge is 2.21. The first-order valence-electron chi connectivity index (χ1n) is 7.37. The standard InChI is InChI=1S/C17H21N3O3S/c1-13-7-5-6-8-16(13)18-17(21)14-9-11-15(12-10-14)20(4)24(22,23)19(2)3/h5-12H,1-4H3,(H,18,21). The molecular weight excluding hydrogens is 326 g/mol. The monoisotopic (exact) mass is 347 g/mol. The average Bonchev–Trinajstić information content (AvgIpc) is 2.56. The Kier molecular flexibility index (Phi) is 5.26. The summed E-state index contributed by atoms with van der Waals surface area (Å²) < 4.78 is 26.5. The van der Waals surface area contributed by atoms with Gasteiger partial charge in [-0.2, -0.15) is 12.7 Å². The number of para-hydroxylation sites is 1. The molecule has 24 heavy (non-hydrogen) atoms. The Hall–Kier alpha value is -2.38. The molecule has 1 N–H and O–H groups in total. The predicted molar refractivity (Wildman–Crippen MR) is 96.6 cm³/mol. The second-order valence-electron chi connectivity index (χ2n) is 5.57. The first-order chi connectivity index (χ1) is 11.2. The van der Waals surface area contributed by atoms with E-state index in [1.807, 2.05) is 31.2 Å². The van der Waals surface area contributed by atoms with E-state index < -0.39 is 10.2 Å². The number of carbonyl (C=O) groups is 1. The third kappa shape index (κ3) is 3.74. The van der Waals surface area contributed by atoms with Crippen molar-refractivity contribution >= 4 is 27.5 Å². The lowest BCUT2D eigenvalue weighted by Gasteiger charge is -2.23. The molecular formula is C17H21N3O3S. The smallest absolute Gasteiger partial charge is 0.303 e. The van der Waals surface area contributed by atoms with Crippen molar-refractivity contribution in [1.29, 1.82) is 0 Å². The maximum absolute atomic E-state index is 12.3. The van der Waals surface area contributed by atoms with Crippen LogP contribution in [0.2, 0.25) is 0 Å². The van der Waals surface area contributed by atoms with Crippen LogP contribution in [0, 0.1) is 6.92 Å². The third-order valence-electron chi connectivity index (χ3n) is 3.69. The van der Waals surface area contributed by atoms with Gasteiger partial charge in [-0.15, -0.1) is 0 Å². The minimum absolute atomic E-state index is 0.242. The molecule has 0 bridgehead atoms. The van der Waals surface area contributed by atoms with Crippen LogP contribution in [-0.2, 0) is 10.2 Å². The first-order valence-corrected chi connectivity index (χ1v) is 8.76. The fourth-order valence-electron chi connectivity index (χ4n) is 2.11. The molecule has 0 heterocycles. The molecule has 2 aromatic rings. The van der Waals surface area contributed by atoms with Crippen molar-refractivity contribution in [3.8, 4) is 0 Å². The fourth-order valence-corrected chi connectivity index (χ4v) is 2.99. The van der Waals surface area contributed by atoms with Gasteiger partial charge in [-0.25, -0.2) is 0 Å². The number of aryl methyl sites for hydroxylation is 1. The number of rotatable bonds is 5. The molecule has 0 unspecified atom stereocenters. The molecule has 1 amide bonds. The molecule has 0 radical (unpaired) electrons. The number of nitrogens with zero attached hydrogens (tertiary/aromatic N) is 2. The van der Waals surface area contributed by atoms with Crippen LogP contribution in [0.15, 0.2) is 48.5 Å². The van der Waals surface area contributed by atoms with Crippen LogP contribution >= 0.6 is 0 Å². The van der Waals surface area contributed by atoms with E-state index in [2.05, 4.69) is 5.32 Å². The summed E-state index contributed by atoms with van der Waals surface area (Å²) in [5.74, 6) is -0.242. The van der Waals surface area contributed by atoms with Crippen LogP contribution in [0.1, 0.15) is 15.9 Å². The summed E-state index contributed by atoms with van der Waals surface area (Å²) in [6.07, 6.45) is 0. The molecule has 0 saturated heterocycles. The molecule has 0 aliphatic carbocycles. The van der Waals surface area contributed by atoms with Crippen LogP contribution in [0.3, 0.4) is 0 Å². The van der Waals surface area contributed by atoms with Crippen LogP contribution in [0.4, 0.5) is 11.4 Å². The van der Waals surface area contributed by atoms with Gasteiger partial charge in [0.05, 0.1) is 5.69 Å². The third-order valence-corrected chi connectivity index (χ3v) is 5.52. The fraction of sp³-hybridized carbons (Fsp3) is 0.235. The lowest BCUT2D eigenvalue weighted by molar-refractivity contribution is 0.102. The summed E-state index contributed by atoms with van der Waals surface area (Å²) in [6, 6.07) is 13.9. The van der Waals surface area contributed by atoms with Gasteiger partial charge < -0.3 is 5.32 Å². The number of carbonyl (C=O) groups excluding carboxylic acids is 1. The number of amides is 1. The van der Waals surface area contributed by atoms with E-state index in [0.29, 0.717) is 11.3 Å². The Morgan fingerprint density at radius 2 is 1.54 bits per heavy atom. The van der Waals surface area contributed by atoms with Crippen molar-refractivity contribution < 1.29 is 13.2 Å². The largest absolute Gasteiger partial charge is 0.322 e. The van der Waals surface area contributed by atoms with Crippen molar-refractivity contribution in [2.45, 2.75) is 6.92 Å². The topological polar surface area (TPSA) is 69.7 Å². The zero-order valence-corrected chi connectivity index (χ0v) is 15.0. The second-order valence-corrected chi connectivity index (χ2v) is 7.75. The van der Waals surface area contributed by atoms with Gasteiger partial charge in [0.25, 0.3) is 5.91 Å². The number of nitrogens with one attached hydrogen (secondary N) is 1. The van der Waals surface area contributed by atoms with E-state index in [1.54, 1.807) is 24.3 Å². The van der Waals surface area contributed by atoms with Crippen molar-refractivity contribution in [2.75, 3.05) is 30.8 Å². The first kappa shape index (κ1) is 18.0. The Balaban J connectivity index is 2.18. The van der Waals surface area contributed by atoms with Crippen molar-refractivity contribution in [3.63, 3.8) is 0 Å². The molecule has 0 aliphatic heterocycles. The van der Waals surface area contributed by atoms with E-state index in [-0.39, 0.29) is 5.91 Å². The maximum atomic E-state index is 12.3. The Morgan fingerprint density at radius 3 is 2.08 bits per heavy atom. The summed E-state index contributed by atoms with van der Waals surface area (Å²) in [5, 5.41) is 2.84. The minimum Gasteiger partial charge on any atom is -0.322 e. The molecule has 0 saturated carbocycles. The highest BCUT2D eigenvalue weighted by atomic mass is 32.2. The van der Waals surface area contributed by atoms with Crippen molar-refractivity contribution in [2.24, 2.45) is 0 Å². The summed E-state index contributed by atoms with van der Waals surface area (Å²) in [5.41, 5.74) is 2.66. The lowest BCUT2D eigenvalue weighted by Crippen LogP contribution is -2.37. The zero-order valence-electron chi connectivity index (χ0n) is 14.1. The van der Waals surface area contributed by atoms with Gasteiger partial charge >= 0.3 is 10.2 Å². The van der Waals surface area contributed by atoms with Gasteiger partial charge in [-0.1, -0.05) is 18.2 Å². The Morgan fingerprint density at radius 1 is 0.958 bits per heavy atom. The zero-order chi connectivity index (χ0) is 17.9. The molecule has 0 spiro atoms. The number of benzene rings is 2. The number of hydrogen-bond acceptors (Lipinski definition) is 3. The van der Waals surface area contributed by atoms with Gasteiger partial charge in [0.15, 0.2) is 0 Å². The van der Waals surface area contributed by atoms with Gasteiger partial charge in [0, 0.05) is 32.4 Å². The van der Waals surface area contributed by atoms with E-state index >= 15 is 0 Å². The van der Waals surface area contributed by atoms with Crippen LogP contribution in [0.5, 0.6) is 0 Å². The Bertz CT molecular complexity index is 830. The predicted octanol–water partition coefficient (Wildman–Crippen LogP) is 2.49. The van der Waals surface area contributed by atoms with E-state index in [9.17, 15) is 13.2 Å². The van der Waals surface area contributed by atoms with Gasteiger partial charge in [-0.3, -0.25) is 9.10 Å². The second kappa shape index (κ2) is 7.02. The minimum atomic E-state index is -3.55. The van der Waals surface area contributed by atoms with Crippen LogP contribution in [-0.4, -0.2) is 39.8 Å². The SMILES string of the molecule is Cc1ccccc1NC(=O)c1ccc(N(C)S(=O)(=O)N(C)C)cc1. The van der Waals surface area contributed by atoms with Crippen molar-refractivity contribution in [3.05, 3.63) is 59.7 Å².